The van der Waals surface area contributed by atoms with Gasteiger partial charge in [0.05, 0.1) is 11.9 Å². The second-order valence-electron chi connectivity index (χ2n) is 3.06. The van der Waals surface area contributed by atoms with E-state index in [0.29, 0.717) is 0 Å². The first-order valence-corrected chi connectivity index (χ1v) is 4.52. The van der Waals surface area contributed by atoms with Crippen LogP contribution in [-0.2, 0) is 0 Å². The van der Waals surface area contributed by atoms with Crippen LogP contribution in [0, 0.1) is 0 Å². The van der Waals surface area contributed by atoms with Crippen LogP contribution in [0.3, 0.4) is 0 Å². The Kier molecular flexibility index (Phi) is 1.68. The number of aromatic nitrogens is 5. The van der Waals surface area contributed by atoms with Crippen molar-refractivity contribution in [2.24, 2.45) is 0 Å². The van der Waals surface area contributed by atoms with Crippen molar-refractivity contribution >= 4 is 11.2 Å². The predicted octanol–water partition coefficient (Wildman–Crippen LogP) is 1.21. The van der Waals surface area contributed by atoms with Crippen LogP contribution in [0.1, 0.15) is 0 Å². The van der Waals surface area contributed by atoms with Gasteiger partial charge in [0.15, 0.2) is 5.65 Å². The van der Waals surface area contributed by atoms with Crippen LogP contribution >= 0.6 is 0 Å². The fraction of sp³-hybridized carbons (Fsp3) is 0. The van der Waals surface area contributed by atoms with E-state index < -0.39 is 0 Å². The van der Waals surface area contributed by atoms with Crippen molar-refractivity contribution in [3.63, 3.8) is 0 Å². The standard InChI is InChI=1S/C10H7N5/c1-3-8(7-11-5-1)15-10-9(13-14-15)4-2-6-12-10/h1-7H. The van der Waals surface area contributed by atoms with Gasteiger partial charge in [0.2, 0.25) is 0 Å². The molecule has 0 saturated carbocycles. The average molecular weight is 197 g/mol. The second kappa shape index (κ2) is 3.13. The lowest BCUT2D eigenvalue weighted by atomic mass is 10.4. The van der Waals surface area contributed by atoms with Crippen molar-refractivity contribution in [2.45, 2.75) is 0 Å². The van der Waals surface area contributed by atoms with Crippen LogP contribution in [0.25, 0.3) is 16.9 Å². The Morgan fingerprint density at radius 1 is 1.07 bits per heavy atom. The Bertz CT molecular complexity index is 587. The van der Waals surface area contributed by atoms with E-state index in [1.54, 1.807) is 23.3 Å². The molecule has 0 fully saturated rings. The van der Waals surface area contributed by atoms with Gasteiger partial charge >= 0.3 is 0 Å². The molecular formula is C10H7N5. The van der Waals surface area contributed by atoms with Crippen molar-refractivity contribution in [1.29, 1.82) is 0 Å². The highest BCUT2D eigenvalue weighted by Gasteiger charge is 2.05. The third kappa shape index (κ3) is 1.25. The molecule has 5 nitrogen and oxygen atoms in total. The maximum absolute atomic E-state index is 4.23. The molecule has 3 aromatic rings. The molecule has 0 aliphatic rings. The summed E-state index contributed by atoms with van der Waals surface area (Å²) in [5.74, 6) is 0. The molecule has 0 aliphatic heterocycles. The van der Waals surface area contributed by atoms with E-state index in [1.165, 1.54) is 0 Å². The molecule has 0 saturated heterocycles. The van der Waals surface area contributed by atoms with Gasteiger partial charge < -0.3 is 0 Å². The zero-order valence-electron chi connectivity index (χ0n) is 7.78. The summed E-state index contributed by atoms with van der Waals surface area (Å²) in [6, 6.07) is 7.48. The lowest BCUT2D eigenvalue weighted by Gasteiger charge is -1.98. The highest BCUT2D eigenvalue weighted by molar-refractivity contribution is 5.70. The maximum Gasteiger partial charge on any atom is 0.183 e. The molecule has 0 atom stereocenters. The Morgan fingerprint density at radius 3 is 2.87 bits per heavy atom. The zero-order chi connectivity index (χ0) is 10.1. The monoisotopic (exact) mass is 197 g/mol. The van der Waals surface area contributed by atoms with E-state index in [0.717, 1.165) is 16.9 Å². The van der Waals surface area contributed by atoms with E-state index >= 15 is 0 Å². The summed E-state index contributed by atoms with van der Waals surface area (Å²) < 4.78 is 1.67. The van der Waals surface area contributed by atoms with Crippen molar-refractivity contribution in [3.8, 4) is 5.69 Å². The van der Waals surface area contributed by atoms with Gasteiger partial charge in [-0.3, -0.25) is 4.98 Å². The minimum absolute atomic E-state index is 0.741. The third-order valence-electron chi connectivity index (χ3n) is 2.10. The van der Waals surface area contributed by atoms with E-state index in [1.807, 2.05) is 24.3 Å². The number of pyridine rings is 2. The molecule has 0 spiro atoms. The maximum atomic E-state index is 4.23. The minimum atomic E-state index is 0.741. The van der Waals surface area contributed by atoms with Gasteiger partial charge in [0, 0.05) is 12.4 Å². The van der Waals surface area contributed by atoms with Gasteiger partial charge in [-0.1, -0.05) is 5.21 Å². The Morgan fingerprint density at radius 2 is 2.00 bits per heavy atom. The number of fused-ring (bicyclic) bond motifs is 1. The van der Waals surface area contributed by atoms with Crippen molar-refractivity contribution in [2.75, 3.05) is 0 Å². The molecule has 3 aromatic heterocycles. The highest BCUT2D eigenvalue weighted by Crippen LogP contribution is 2.11. The molecule has 5 heteroatoms. The first kappa shape index (κ1) is 8.05. The molecule has 3 heterocycles. The van der Waals surface area contributed by atoms with E-state index in [4.69, 9.17) is 0 Å². The molecule has 0 bridgehead atoms. The summed E-state index contributed by atoms with van der Waals surface area (Å²) in [5.41, 5.74) is 2.38. The first-order chi connectivity index (χ1) is 7.45. The summed E-state index contributed by atoms with van der Waals surface area (Å²) in [6.07, 6.45) is 5.16. The van der Waals surface area contributed by atoms with Crippen LogP contribution in [0.5, 0.6) is 0 Å². The minimum Gasteiger partial charge on any atom is -0.262 e. The quantitative estimate of drug-likeness (QED) is 0.588. The van der Waals surface area contributed by atoms with Gasteiger partial charge in [-0.15, -0.1) is 5.10 Å². The van der Waals surface area contributed by atoms with Crippen molar-refractivity contribution in [3.05, 3.63) is 42.9 Å². The normalized spacial score (nSPS) is 10.7. The summed E-state index contributed by atoms with van der Waals surface area (Å²) in [6.45, 7) is 0. The van der Waals surface area contributed by atoms with Crippen LogP contribution < -0.4 is 0 Å². The molecule has 72 valence electrons. The Labute approximate surface area is 85.4 Å². The SMILES string of the molecule is c1cncc(-n2nnc3cccnc32)c1. The predicted molar refractivity (Wildman–Crippen MR) is 54.5 cm³/mol. The van der Waals surface area contributed by atoms with Crippen LogP contribution in [0.2, 0.25) is 0 Å². The largest absolute Gasteiger partial charge is 0.262 e. The van der Waals surface area contributed by atoms with Gasteiger partial charge in [-0.25, -0.2) is 4.98 Å². The van der Waals surface area contributed by atoms with Crippen molar-refractivity contribution in [1.82, 2.24) is 25.0 Å². The average Bonchev–Trinajstić information content (AvgIpc) is 2.74. The molecule has 15 heavy (non-hydrogen) atoms. The van der Waals surface area contributed by atoms with E-state index in [2.05, 4.69) is 20.3 Å². The van der Waals surface area contributed by atoms with Gasteiger partial charge in [0.25, 0.3) is 0 Å². The molecule has 0 unspecified atom stereocenters. The summed E-state index contributed by atoms with van der Waals surface area (Å²) >= 11 is 0. The zero-order valence-corrected chi connectivity index (χ0v) is 7.78. The van der Waals surface area contributed by atoms with Gasteiger partial charge in [0.1, 0.15) is 5.52 Å². The van der Waals surface area contributed by atoms with Crippen molar-refractivity contribution < 1.29 is 0 Å². The van der Waals surface area contributed by atoms with Crippen LogP contribution in [0.15, 0.2) is 42.9 Å². The third-order valence-corrected chi connectivity index (χ3v) is 2.10. The second-order valence-corrected chi connectivity index (χ2v) is 3.06. The molecule has 0 radical (unpaired) electrons. The van der Waals surface area contributed by atoms with E-state index in [9.17, 15) is 0 Å². The van der Waals surface area contributed by atoms with E-state index in [-0.39, 0.29) is 0 Å². The summed E-state index contributed by atoms with van der Waals surface area (Å²) in [7, 11) is 0. The first-order valence-electron chi connectivity index (χ1n) is 4.52. The molecule has 0 aromatic carbocycles. The molecule has 3 rings (SSSR count). The number of hydrogen-bond acceptors (Lipinski definition) is 4. The topological polar surface area (TPSA) is 56.5 Å². The smallest absolute Gasteiger partial charge is 0.183 e. The lowest BCUT2D eigenvalue weighted by Crippen LogP contribution is -1.97. The molecule has 0 N–H and O–H groups in total. The fourth-order valence-electron chi connectivity index (χ4n) is 1.42. The summed E-state index contributed by atoms with van der Waals surface area (Å²) in [5, 5.41) is 8.05. The Balaban J connectivity index is 2.28. The Hall–Kier alpha value is -2.30. The molecule has 0 amide bonds. The number of nitrogens with zero attached hydrogens (tertiary/aromatic N) is 5. The highest BCUT2D eigenvalue weighted by atomic mass is 15.4. The lowest BCUT2D eigenvalue weighted by molar-refractivity contribution is 0.813. The number of rotatable bonds is 1. The molecular weight excluding hydrogens is 190 g/mol. The van der Waals surface area contributed by atoms with Gasteiger partial charge in [-0.2, -0.15) is 4.68 Å². The summed E-state index contributed by atoms with van der Waals surface area (Å²) in [4.78, 5) is 8.26. The van der Waals surface area contributed by atoms with Crippen LogP contribution in [0.4, 0.5) is 0 Å². The van der Waals surface area contributed by atoms with Crippen LogP contribution in [-0.4, -0.2) is 25.0 Å². The van der Waals surface area contributed by atoms with Gasteiger partial charge in [-0.05, 0) is 24.3 Å². The molecule has 0 aliphatic carbocycles. The number of hydrogen-bond donors (Lipinski definition) is 0. The fourth-order valence-corrected chi connectivity index (χ4v) is 1.42.